The molecule has 1 aromatic carbocycles. The minimum absolute atomic E-state index is 0.0564. The van der Waals surface area contributed by atoms with Crippen molar-refractivity contribution in [2.24, 2.45) is 0 Å². The monoisotopic (exact) mass is 378 g/mol. The second kappa shape index (κ2) is 9.78. The highest BCUT2D eigenvalue weighted by Gasteiger charge is 2.16. The van der Waals surface area contributed by atoms with E-state index in [1.807, 2.05) is 6.92 Å². The Hall–Kier alpha value is -0.410. The summed E-state index contributed by atoms with van der Waals surface area (Å²) in [6, 6.07) is 3.23. The molecule has 1 rings (SSSR count). The molecule has 0 aromatic heterocycles. The largest absolute Gasteiger partial charge is 0.488 e. The van der Waals surface area contributed by atoms with Crippen molar-refractivity contribution < 1.29 is 9.47 Å². The Bertz CT molecular complexity index is 539. The van der Waals surface area contributed by atoms with Crippen LogP contribution >= 0.6 is 34.8 Å². The predicted octanol–water partition coefficient (Wildman–Crippen LogP) is 6.96. The Morgan fingerprint density at radius 1 is 1.13 bits per heavy atom. The summed E-state index contributed by atoms with van der Waals surface area (Å²) in [5, 5.41) is 1.32. The van der Waals surface area contributed by atoms with E-state index in [1.54, 1.807) is 12.1 Å². The van der Waals surface area contributed by atoms with Crippen molar-refractivity contribution in [2.45, 2.75) is 52.6 Å². The predicted molar refractivity (Wildman–Crippen MR) is 100 cm³/mol. The molecule has 5 heteroatoms. The average molecular weight is 380 g/mol. The lowest BCUT2D eigenvalue weighted by Crippen LogP contribution is -2.24. The topological polar surface area (TPSA) is 18.5 Å². The van der Waals surface area contributed by atoms with Gasteiger partial charge in [0.25, 0.3) is 0 Å². The van der Waals surface area contributed by atoms with Crippen LogP contribution < -0.4 is 4.74 Å². The minimum Gasteiger partial charge on any atom is -0.488 e. The molecule has 0 saturated carbocycles. The van der Waals surface area contributed by atoms with Crippen LogP contribution in [0.25, 0.3) is 0 Å². The summed E-state index contributed by atoms with van der Waals surface area (Å²) in [4.78, 5) is 0. The first-order valence-corrected chi connectivity index (χ1v) is 8.95. The summed E-state index contributed by atoms with van der Waals surface area (Å²) >= 11 is 17.9. The smallest absolute Gasteiger partial charge is 0.139 e. The first-order valence-electron chi connectivity index (χ1n) is 7.82. The average Bonchev–Trinajstić information content (AvgIpc) is 2.44. The lowest BCUT2D eigenvalue weighted by molar-refractivity contribution is -0.0173. The second-order valence-corrected chi connectivity index (χ2v) is 7.33. The normalized spacial score (nSPS) is 12.6. The molecule has 0 radical (unpaired) electrons. The van der Waals surface area contributed by atoms with E-state index in [1.165, 1.54) is 5.57 Å². The van der Waals surface area contributed by atoms with Gasteiger partial charge in [-0.1, -0.05) is 40.4 Å². The molecular weight excluding hydrogens is 355 g/mol. The molecule has 2 nitrogen and oxygen atoms in total. The third-order valence-electron chi connectivity index (χ3n) is 3.53. The Morgan fingerprint density at radius 3 is 2.43 bits per heavy atom. The van der Waals surface area contributed by atoms with E-state index in [0.717, 1.165) is 25.9 Å². The number of allylic oxidation sites excluding steroid dienone is 1. The standard InChI is InChI=1S/C18H25Cl3O2/c1-5-23-18(3,4)9-6-7-13(2)8-10-22-17-12-15(20)14(19)11-16(17)21/h8,11-12H,5-7,9-10H2,1-4H3/b13-8+. The Balaban J connectivity index is 2.41. The van der Waals surface area contributed by atoms with Gasteiger partial charge in [0, 0.05) is 12.7 Å². The number of hydrogen-bond donors (Lipinski definition) is 0. The molecule has 0 N–H and O–H groups in total. The van der Waals surface area contributed by atoms with Crippen molar-refractivity contribution in [3.8, 4) is 5.75 Å². The highest BCUT2D eigenvalue weighted by Crippen LogP contribution is 2.33. The van der Waals surface area contributed by atoms with Gasteiger partial charge in [0.2, 0.25) is 0 Å². The second-order valence-electron chi connectivity index (χ2n) is 6.10. The van der Waals surface area contributed by atoms with Crippen molar-refractivity contribution in [3.05, 3.63) is 38.8 Å². The lowest BCUT2D eigenvalue weighted by Gasteiger charge is -2.24. The van der Waals surface area contributed by atoms with Gasteiger partial charge in [-0.2, -0.15) is 0 Å². The zero-order valence-corrected chi connectivity index (χ0v) is 16.5. The summed E-state index contributed by atoms with van der Waals surface area (Å²) in [5.41, 5.74) is 1.23. The molecule has 0 aliphatic heterocycles. The maximum atomic E-state index is 6.08. The third-order valence-corrected chi connectivity index (χ3v) is 4.55. The first kappa shape index (κ1) is 20.6. The summed E-state index contributed by atoms with van der Waals surface area (Å²) < 4.78 is 11.4. The maximum absolute atomic E-state index is 6.08. The molecule has 0 aliphatic carbocycles. The summed E-state index contributed by atoms with van der Waals surface area (Å²) in [5.74, 6) is 0.544. The van der Waals surface area contributed by atoms with Crippen molar-refractivity contribution in [1.29, 1.82) is 0 Å². The van der Waals surface area contributed by atoms with Crippen molar-refractivity contribution in [2.75, 3.05) is 13.2 Å². The van der Waals surface area contributed by atoms with Gasteiger partial charge < -0.3 is 9.47 Å². The summed E-state index contributed by atoms with van der Waals surface area (Å²) in [7, 11) is 0. The fourth-order valence-corrected chi connectivity index (χ4v) is 2.84. The molecule has 130 valence electrons. The van der Waals surface area contributed by atoms with E-state index in [4.69, 9.17) is 44.3 Å². The Labute approximate surface area is 154 Å². The molecule has 0 unspecified atom stereocenters. The molecule has 0 bridgehead atoms. The van der Waals surface area contributed by atoms with E-state index >= 15 is 0 Å². The Morgan fingerprint density at radius 2 is 1.78 bits per heavy atom. The fourth-order valence-electron chi connectivity index (χ4n) is 2.25. The van der Waals surface area contributed by atoms with Crippen LogP contribution in [-0.2, 0) is 4.74 Å². The molecule has 0 aliphatic rings. The van der Waals surface area contributed by atoms with Gasteiger partial charge in [-0.3, -0.25) is 0 Å². The molecular formula is C18H25Cl3O2. The van der Waals surface area contributed by atoms with E-state index in [0.29, 0.717) is 27.4 Å². The SMILES string of the molecule is CCOC(C)(C)CCC/C(C)=C/COc1cc(Cl)c(Cl)cc1Cl. The summed E-state index contributed by atoms with van der Waals surface area (Å²) in [6.07, 6.45) is 5.20. The van der Waals surface area contributed by atoms with Gasteiger partial charge in [0.1, 0.15) is 12.4 Å². The first-order chi connectivity index (χ1) is 10.7. The number of hydrogen-bond acceptors (Lipinski definition) is 2. The molecule has 0 saturated heterocycles. The van der Waals surface area contributed by atoms with E-state index in [2.05, 4.69) is 26.8 Å². The number of halogens is 3. The van der Waals surface area contributed by atoms with Crippen LogP contribution in [0, 0.1) is 0 Å². The molecule has 23 heavy (non-hydrogen) atoms. The van der Waals surface area contributed by atoms with Crippen LogP contribution in [0.1, 0.15) is 47.0 Å². The minimum atomic E-state index is -0.0564. The van der Waals surface area contributed by atoms with E-state index < -0.39 is 0 Å². The van der Waals surface area contributed by atoms with Crippen LogP contribution in [0.5, 0.6) is 5.75 Å². The van der Waals surface area contributed by atoms with Crippen molar-refractivity contribution >= 4 is 34.8 Å². The van der Waals surface area contributed by atoms with Gasteiger partial charge in [-0.15, -0.1) is 0 Å². The third kappa shape index (κ3) is 7.80. The molecule has 0 fully saturated rings. The van der Waals surface area contributed by atoms with Crippen LogP contribution in [0.4, 0.5) is 0 Å². The van der Waals surface area contributed by atoms with Crippen LogP contribution in [0.3, 0.4) is 0 Å². The van der Waals surface area contributed by atoms with Gasteiger partial charge >= 0.3 is 0 Å². The van der Waals surface area contributed by atoms with Crippen LogP contribution in [0.15, 0.2) is 23.8 Å². The van der Waals surface area contributed by atoms with Crippen molar-refractivity contribution in [3.63, 3.8) is 0 Å². The van der Waals surface area contributed by atoms with Crippen molar-refractivity contribution in [1.82, 2.24) is 0 Å². The van der Waals surface area contributed by atoms with Gasteiger partial charge in [-0.05, 0) is 59.1 Å². The molecule has 0 heterocycles. The summed E-state index contributed by atoms with van der Waals surface area (Å²) in [6.45, 7) is 9.60. The van der Waals surface area contributed by atoms with Gasteiger partial charge in [-0.25, -0.2) is 0 Å². The van der Waals surface area contributed by atoms with Crippen LogP contribution in [-0.4, -0.2) is 18.8 Å². The zero-order valence-electron chi connectivity index (χ0n) is 14.2. The van der Waals surface area contributed by atoms with Gasteiger partial charge in [0.15, 0.2) is 0 Å². The van der Waals surface area contributed by atoms with E-state index in [-0.39, 0.29) is 5.60 Å². The highest BCUT2D eigenvalue weighted by atomic mass is 35.5. The lowest BCUT2D eigenvalue weighted by atomic mass is 9.99. The highest BCUT2D eigenvalue weighted by molar-refractivity contribution is 6.43. The molecule has 0 amide bonds. The number of rotatable bonds is 9. The molecule has 0 spiro atoms. The van der Waals surface area contributed by atoms with E-state index in [9.17, 15) is 0 Å². The number of ether oxygens (including phenoxy) is 2. The van der Waals surface area contributed by atoms with Gasteiger partial charge in [0.05, 0.1) is 20.7 Å². The van der Waals surface area contributed by atoms with Crippen LogP contribution in [0.2, 0.25) is 15.1 Å². The molecule has 1 aromatic rings. The Kier molecular flexibility index (Phi) is 8.78. The quantitative estimate of drug-likeness (QED) is 0.341. The molecule has 0 atom stereocenters. The number of benzene rings is 1. The fraction of sp³-hybridized carbons (Fsp3) is 0.556. The maximum Gasteiger partial charge on any atom is 0.139 e. The zero-order chi connectivity index (χ0) is 17.5.